The van der Waals surface area contributed by atoms with Crippen LogP contribution in [-0.2, 0) is 4.74 Å². The highest BCUT2D eigenvalue weighted by molar-refractivity contribution is 5.93. The van der Waals surface area contributed by atoms with Crippen molar-refractivity contribution in [3.05, 3.63) is 41.9 Å². The zero-order chi connectivity index (χ0) is 20.6. The molecular weight excluding hydrogens is 366 g/mol. The molecule has 1 amide bonds. The van der Waals surface area contributed by atoms with Crippen LogP contribution in [0, 0.1) is 6.92 Å². The largest absolute Gasteiger partial charge is 0.378 e. The minimum atomic E-state index is -0.0382. The first-order chi connectivity index (χ1) is 14.1. The minimum Gasteiger partial charge on any atom is -0.378 e. The molecule has 29 heavy (non-hydrogen) atoms. The quantitative estimate of drug-likeness (QED) is 0.734. The van der Waals surface area contributed by atoms with Crippen molar-refractivity contribution in [1.29, 1.82) is 0 Å². The molecule has 0 spiro atoms. The number of morpholine rings is 1. The average molecular weight is 398 g/mol. The smallest absolute Gasteiger partial charge is 0.272 e. The third kappa shape index (κ3) is 5.44. The van der Waals surface area contributed by atoms with Gasteiger partial charge in [-0.15, -0.1) is 0 Å². The van der Waals surface area contributed by atoms with Crippen molar-refractivity contribution in [3.8, 4) is 0 Å². The summed E-state index contributed by atoms with van der Waals surface area (Å²) < 4.78 is 5.47. The second-order valence-corrected chi connectivity index (χ2v) is 7.22. The Kier molecular flexibility index (Phi) is 7.41. The van der Waals surface area contributed by atoms with Gasteiger partial charge in [-0.2, -0.15) is 0 Å². The van der Waals surface area contributed by atoms with Gasteiger partial charge in [0, 0.05) is 32.2 Å². The lowest BCUT2D eigenvalue weighted by molar-refractivity contribution is 0.0749. The van der Waals surface area contributed by atoms with Gasteiger partial charge in [-0.05, 0) is 31.9 Å². The lowest BCUT2D eigenvalue weighted by Gasteiger charge is -2.30. The van der Waals surface area contributed by atoms with E-state index in [9.17, 15) is 4.79 Å². The van der Waals surface area contributed by atoms with E-state index in [0.29, 0.717) is 17.3 Å². The van der Waals surface area contributed by atoms with Gasteiger partial charge in [-0.25, -0.2) is 9.97 Å². The molecular formula is C22H31N5O2. The van der Waals surface area contributed by atoms with E-state index in [1.54, 1.807) is 6.07 Å². The standard InChI is InChI=1S/C22H31N5O2/c1-4-10-27(11-5-2)22(28)19-16-21(24-17(3)23-19)25-18-8-6-7-9-20(18)26-12-14-29-15-13-26/h6-9,16H,4-5,10-15H2,1-3H3,(H,23,24,25). The van der Waals surface area contributed by atoms with Crippen LogP contribution in [0.25, 0.3) is 0 Å². The molecule has 1 aliphatic heterocycles. The molecule has 0 bridgehead atoms. The van der Waals surface area contributed by atoms with E-state index in [4.69, 9.17) is 4.74 Å². The second-order valence-electron chi connectivity index (χ2n) is 7.22. The number of amides is 1. The maximum Gasteiger partial charge on any atom is 0.272 e. The molecule has 1 aliphatic rings. The van der Waals surface area contributed by atoms with E-state index >= 15 is 0 Å². The zero-order valence-electron chi connectivity index (χ0n) is 17.6. The van der Waals surface area contributed by atoms with E-state index in [1.807, 2.05) is 30.0 Å². The van der Waals surface area contributed by atoms with Crippen LogP contribution in [0.5, 0.6) is 0 Å². The van der Waals surface area contributed by atoms with Crippen LogP contribution in [0.1, 0.15) is 43.0 Å². The van der Waals surface area contributed by atoms with Crippen molar-refractivity contribution in [2.75, 3.05) is 49.6 Å². The zero-order valence-corrected chi connectivity index (χ0v) is 17.6. The molecule has 1 N–H and O–H groups in total. The van der Waals surface area contributed by atoms with Crippen LogP contribution in [-0.4, -0.2) is 60.2 Å². The predicted molar refractivity (Wildman–Crippen MR) is 116 cm³/mol. The fraction of sp³-hybridized carbons (Fsp3) is 0.500. The number of nitrogens with one attached hydrogen (secondary N) is 1. The van der Waals surface area contributed by atoms with Crippen molar-refractivity contribution in [2.24, 2.45) is 0 Å². The van der Waals surface area contributed by atoms with Gasteiger partial charge < -0.3 is 19.9 Å². The Balaban J connectivity index is 1.85. The monoisotopic (exact) mass is 397 g/mol. The molecule has 2 heterocycles. The molecule has 2 aromatic rings. The molecule has 0 atom stereocenters. The first-order valence-electron chi connectivity index (χ1n) is 10.5. The molecule has 0 radical (unpaired) electrons. The Morgan fingerprint density at radius 1 is 1.14 bits per heavy atom. The van der Waals surface area contributed by atoms with Crippen molar-refractivity contribution in [3.63, 3.8) is 0 Å². The molecule has 1 saturated heterocycles. The van der Waals surface area contributed by atoms with Gasteiger partial charge in [0.25, 0.3) is 5.91 Å². The van der Waals surface area contributed by atoms with Crippen molar-refractivity contribution >= 4 is 23.1 Å². The van der Waals surface area contributed by atoms with Crippen LogP contribution < -0.4 is 10.2 Å². The molecule has 0 aliphatic carbocycles. The lowest BCUT2D eigenvalue weighted by atomic mass is 10.2. The van der Waals surface area contributed by atoms with Crippen LogP contribution >= 0.6 is 0 Å². The number of aryl methyl sites for hydroxylation is 1. The van der Waals surface area contributed by atoms with Gasteiger partial charge >= 0.3 is 0 Å². The molecule has 0 saturated carbocycles. The van der Waals surface area contributed by atoms with Crippen molar-refractivity contribution in [1.82, 2.24) is 14.9 Å². The number of carbonyl (C=O) groups is 1. The third-order valence-corrected chi connectivity index (χ3v) is 4.85. The Hall–Kier alpha value is -2.67. The first-order valence-corrected chi connectivity index (χ1v) is 10.5. The van der Waals surface area contributed by atoms with E-state index in [2.05, 4.69) is 40.1 Å². The average Bonchev–Trinajstić information content (AvgIpc) is 2.74. The maximum atomic E-state index is 13.0. The molecule has 7 nitrogen and oxygen atoms in total. The van der Waals surface area contributed by atoms with Gasteiger partial charge in [0.1, 0.15) is 17.3 Å². The normalized spacial score (nSPS) is 14.0. The lowest BCUT2D eigenvalue weighted by Crippen LogP contribution is -2.36. The number of rotatable bonds is 8. The molecule has 3 rings (SSSR count). The number of benzene rings is 1. The van der Waals surface area contributed by atoms with Crippen LogP contribution in [0.4, 0.5) is 17.2 Å². The fourth-order valence-electron chi connectivity index (χ4n) is 3.56. The number of anilines is 3. The Morgan fingerprint density at radius 3 is 2.52 bits per heavy atom. The summed E-state index contributed by atoms with van der Waals surface area (Å²) in [5, 5.41) is 3.40. The SMILES string of the molecule is CCCN(CCC)C(=O)c1cc(Nc2ccccc2N2CCOCC2)nc(C)n1. The second kappa shape index (κ2) is 10.2. The summed E-state index contributed by atoms with van der Waals surface area (Å²) in [5.74, 6) is 1.17. The Morgan fingerprint density at radius 2 is 1.83 bits per heavy atom. The topological polar surface area (TPSA) is 70.6 Å². The van der Waals surface area contributed by atoms with E-state index in [-0.39, 0.29) is 5.91 Å². The van der Waals surface area contributed by atoms with Crippen LogP contribution in [0.2, 0.25) is 0 Å². The third-order valence-electron chi connectivity index (χ3n) is 4.85. The van der Waals surface area contributed by atoms with Crippen LogP contribution in [0.15, 0.2) is 30.3 Å². The van der Waals surface area contributed by atoms with E-state index in [0.717, 1.165) is 63.6 Å². The molecule has 7 heteroatoms. The number of aromatic nitrogens is 2. The first kappa shape index (κ1) is 21.0. The van der Waals surface area contributed by atoms with E-state index < -0.39 is 0 Å². The Labute approximate surface area is 173 Å². The number of para-hydroxylation sites is 2. The van der Waals surface area contributed by atoms with Gasteiger partial charge in [0.05, 0.1) is 24.6 Å². The summed E-state index contributed by atoms with van der Waals surface area (Å²) in [5.41, 5.74) is 2.51. The summed E-state index contributed by atoms with van der Waals surface area (Å²) in [7, 11) is 0. The summed E-state index contributed by atoms with van der Waals surface area (Å²) in [6.07, 6.45) is 1.85. The predicted octanol–water partition coefficient (Wildman–Crippen LogP) is 3.63. The van der Waals surface area contributed by atoms with Gasteiger partial charge in [0.2, 0.25) is 0 Å². The summed E-state index contributed by atoms with van der Waals surface area (Å²) in [6, 6.07) is 9.91. The fourth-order valence-corrected chi connectivity index (χ4v) is 3.56. The number of ether oxygens (including phenoxy) is 1. The van der Waals surface area contributed by atoms with Gasteiger partial charge in [-0.3, -0.25) is 4.79 Å². The minimum absolute atomic E-state index is 0.0382. The van der Waals surface area contributed by atoms with Gasteiger partial charge in [0.15, 0.2) is 0 Å². The molecule has 1 aromatic heterocycles. The van der Waals surface area contributed by atoms with Crippen molar-refractivity contribution in [2.45, 2.75) is 33.6 Å². The molecule has 0 unspecified atom stereocenters. The van der Waals surface area contributed by atoms with Crippen molar-refractivity contribution < 1.29 is 9.53 Å². The number of nitrogens with zero attached hydrogens (tertiary/aromatic N) is 4. The Bertz CT molecular complexity index is 815. The number of carbonyl (C=O) groups excluding carboxylic acids is 1. The summed E-state index contributed by atoms with van der Waals surface area (Å²) >= 11 is 0. The summed E-state index contributed by atoms with van der Waals surface area (Å²) in [6.45, 7) is 10.6. The summed E-state index contributed by atoms with van der Waals surface area (Å²) in [4.78, 5) is 26.1. The number of hydrogen-bond acceptors (Lipinski definition) is 6. The maximum absolute atomic E-state index is 13.0. The van der Waals surface area contributed by atoms with Gasteiger partial charge in [-0.1, -0.05) is 26.0 Å². The molecule has 1 fully saturated rings. The number of hydrogen-bond donors (Lipinski definition) is 1. The molecule has 156 valence electrons. The highest BCUT2D eigenvalue weighted by Gasteiger charge is 2.19. The molecule has 1 aromatic carbocycles. The van der Waals surface area contributed by atoms with Crippen LogP contribution in [0.3, 0.4) is 0 Å². The highest BCUT2D eigenvalue weighted by atomic mass is 16.5. The highest BCUT2D eigenvalue weighted by Crippen LogP contribution is 2.29. The van der Waals surface area contributed by atoms with E-state index in [1.165, 1.54) is 0 Å².